The molecule has 1 unspecified atom stereocenters. The van der Waals surface area contributed by atoms with Gasteiger partial charge in [-0.1, -0.05) is 20.8 Å². The van der Waals surface area contributed by atoms with Gasteiger partial charge < -0.3 is 16.2 Å². The van der Waals surface area contributed by atoms with Gasteiger partial charge in [0.2, 0.25) is 5.91 Å². The summed E-state index contributed by atoms with van der Waals surface area (Å²) in [6.45, 7) is 8.27. The van der Waals surface area contributed by atoms with Crippen LogP contribution in [-0.2, 0) is 4.79 Å². The van der Waals surface area contributed by atoms with E-state index >= 15 is 0 Å². The number of hydrogen-bond acceptors (Lipinski definition) is 3. The molecule has 0 aliphatic heterocycles. The number of nitrogens with one attached hydrogen (secondary N) is 1. The average Bonchev–Trinajstić information content (AvgIpc) is 2.32. The highest BCUT2D eigenvalue weighted by molar-refractivity contribution is 5.75. The molecule has 4 heteroatoms. The molecule has 1 amide bonds. The molecule has 0 aromatic heterocycles. The van der Waals surface area contributed by atoms with E-state index in [1.807, 2.05) is 0 Å². The van der Waals surface area contributed by atoms with E-state index in [0.29, 0.717) is 18.9 Å². The lowest BCUT2D eigenvalue weighted by Gasteiger charge is -2.30. The lowest BCUT2D eigenvalue weighted by molar-refractivity contribution is -0.121. The highest BCUT2D eigenvalue weighted by Crippen LogP contribution is 2.31. The van der Waals surface area contributed by atoms with Gasteiger partial charge in [0.05, 0.1) is 0 Å². The Bertz CT molecular complexity index is 237. The molecule has 0 fully saturated rings. The SMILES string of the molecule is CC(C)(C)C(CCN)CCC(=O)NCCCCCO. The fourth-order valence-electron chi connectivity index (χ4n) is 2.25. The van der Waals surface area contributed by atoms with Crippen LogP contribution in [0.25, 0.3) is 0 Å². The van der Waals surface area contributed by atoms with Crippen LogP contribution in [0, 0.1) is 11.3 Å². The first-order valence-electron chi connectivity index (χ1n) is 7.49. The summed E-state index contributed by atoms with van der Waals surface area (Å²) in [7, 11) is 0. The quantitative estimate of drug-likeness (QED) is 0.533. The molecule has 4 nitrogen and oxygen atoms in total. The Hall–Kier alpha value is -0.610. The summed E-state index contributed by atoms with van der Waals surface area (Å²) < 4.78 is 0. The highest BCUT2D eigenvalue weighted by atomic mass is 16.2. The van der Waals surface area contributed by atoms with Crippen molar-refractivity contribution in [3.63, 3.8) is 0 Å². The van der Waals surface area contributed by atoms with Crippen molar-refractivity contribution in [1.82, 2.24) is 5.32 Å². The van der Waals surface area contributed by atoms with Crippen LogP contribution in [-0.4, -0.2) is 30.7 Å². The molecule has 0 aliphatic rings. The average molecular weight is 272 g/mol. The van der Waals surface area contributed by atoms with Gasteiger partial charge in [-0.25, -0.2) is 0 Å². The number of unbranched alkanes of at least 4 members (excludes halogenated alkanes) is 2. The topological polar surface area (TPSA) is 75.4 Å². The maximum atomic E-state index is 11.7. The first-order valence-corrected chi connectivity index (χ1v) is 7.49. The lowest BCUT2D eigenvalue weighted by atomic mass is 9.76. The highest BCUT2D eigenvalue weighted by Gasteiger charge is 2.24. The minimum atomic E-state index is 0.135. The minimum absolute atomic E-state index is 0.135. The molecular weight excluding hydrogens is 240 g/mol. The van der Waals surface area contributed by atoms with Crippen molar-refractivity contribution in [2.45, 2.75) is 59.3 Å². The second-order valence-corrected chi connectivity index (χ2v) is 6.31. The Morgan fingerprint density at radius 2 is 1.89 bits per heavy atom. The minimum Gasteiger partial charge on any atom is -0.396 e. The molecule has 0 aromatic carbocycles. The van der Waals surface area contributed by atoms with E-state index in [0.717, 1.165) is 38.6 Å². The number of rotatable bonds is 10. The Kier molecular flexibility index (Phi) is 9.88. The van der Waals surface area contributed by atoms with Crippen LogP contribution >= 0.6 is 0 Å². The molecule has 0 spiro atoms. The molecule has 0 radical (unpaired) electrons. The van der Waals surface area contributed by atoms with Gasteiger partial charge in [-0.3, -0.25) is 4.79 Å². The van der Waals surface area contributed by atoms with Crippen LogP contribution in [0.4, 0.5) is 0 Å². The van der Waals surface area contributed by atoms with Gasteiger partial charge in [0, 0.05) is 19.6 Å². The van der Waals surface area contributed by atoms with Crippen molar-refractivity contribution in [3.8, 4) is 0 Å². The molecule has 0 bridgehead atoms. The molecule has 0 rings (SSSR count). The summed E-state index contributed by atoms with van der Waals surface area (Å²) in [5, 5.41) is 11.6. The molecule has 0 aliphatic carbocycles. The largest absolute Gasteiger partial charge is 0.396 e. The number of carbonyl (C=O) groups excluding carboxylic acids is 1. The van der Waals surface area contributed by atoms with Gasteiger partial charge in [0.25, 0.3) is 0 Å². The zero-order valence-electron chi connectivity index (χ0n) is 12.9. The monoisotopic (exact) mass is 272 g/mol. The maximum absolute atomic E-state index is 11.7. The fourth-order valence-corrected chi connectivity index (χ4v) is 2.25. The lowest BCUT2D eigenvalue weighted by Crippen LogP contribution is -2.28. The number of hydrogen-bond donors (Lipinski definition) is 3. The van der Waals surface area contributed by atoms with Crippen molar-refractivity contribution in [1.29, 1.82) is 0 Å². The predicted molar refractivity (Wildman–Crippen MR) is 79.8 cm³/mol. The Morgan fingerprint density at radius 1 is 1.21 bits per heavy atom. The maximum Gasteiger partial charge on any atom is 0.220 e. The fraction of sp³-hybridized carbons (Fsp3) is 0.933. The number of amides is 1. The van der Waals surface area contributed by atoms with Crippen molar-refractivity contribution < 1.29 is 9.90 Å². The summed E-state index contributed by atoms with van der Waals surface area (Å²) in [5.74, 6) is 0.632. The number of aliphatic hydroxyl groups is 1. The van der Waals surface area contributed by atoms with Crippen LogP contribution in [0.15, 0.2) is 0 Å². The normalized spacial score (nSPS) is 13.3. The number of aliphatic hydroxyl groups excluding tert-OH is 1. The molecule has 4 N–H and O–H groups in total. The molecule has 1 atom stereocenters. The second kappa shape index (κ2) is 10.2. The zero-order valence-corrected chi connectivity index (χ0v) is 12.9. The number of carbonyl (C=O) groups is 1. The van der Waals surface area contributed by atoms with Crippen molar-refractivity contribution in [3.05, 3.63) is 0 Å². The van der Waals surface area contributed by atoms with Crippen LogP contribution in [0.3, 0.4) is 0 Å². The third-order valence-electron chi connectivity index (χ3n) is 3.62. The third kappa shape index (κ3) is 9.91. The van der Waals surface area contributed by atoms with E-state index in [2.05, 4.69) is 26.1 Å². The van der Waals surface area contributed by atoms with E-state index in [4.69, 9.17) is 10.8 Å². The summed E-state index contributed by atoms with van der Waals surface area (Å²) in [5.41, 5.74) is 5.85. The summed E-state index contributed by atoms with van der Waals surface area (Å²) in [4.78, 5) is 11.7. The van der Waals surface area contributed by atoms with E-state index in [9.17, 15) is 4.79 Å². The van der Waals surface area contributed by atoms with Crippen LogP contribution < -0.4 is 11.1 Å². The van der Waals surface area contributed by atoms with Crippen molar-refractivity contribution >= 4 is 5.91 Å². The first kappa shape index (κ1) is 18.4. The van der Waals surface area contributed by atoms with E-state index in [-0.39, 0.29) is 17.9 Å². The van der Waals surface area contributed by atoms with Gasteiger partial charge in [0.1, 0.15) is 0 Å². The molecule has 19 heavy (non-hydrogen) atoms. The number of nitrogens with two attached hydrogens (primary N) is 1. The van der Waals surface area contributed by atoms with Crippen LogP contribution in [0.2, 0.25) is 0 Å². The standard InChI is InChI=1S/C15H32N2O2/c1-15(2,3)13(9-10-16)7-8-14(19)17-11-5-4-6-12-18/h13,18H,4-12,16H2,1-3H3,(H,17,19). The van der Waals surface area contributed by atoms with Crippen molar-refractivity contribution in [2.75, 3.05) is 19.7 Å². The second-order valence-electron chi connectivity index (χ2n) is 6.31. The van der Waals surface area contributed by atoms with E-state index in [1.54, 1.807) is 0 Å². The summed E-state index contributed by atoms with van der Waals surface area (Å²) >= 11 is 0. The molecule has 0 aromatic rings. The molecule has 114 valence electrons. The first-order chi connectivity index (χ1) is 8.91. The van der Waals surface area contributed by atoms with Gasteiger partial charge in [-0.2, -0.15) is 0 Å². The van der Waals surface area contributed by atoms with Crippen molar-refractivity contribution in [2.24, 2.45) is 17.1 Å². The molecular formula is C15H32N2O2. The Morgan fingerprint density at radius 3 is 2.42 bits per heavy atom. The van der Waals surface area contributed by atoms with Gasteiger partial charge >= 0.3 is 0 Å². The van der Waals surface area contributed by atoms with Gasteiger partial charge in [-0.05, 0) is 50.0 Å². The molecule has 0 saturated carbocycles. The predicted octanol–water partition coefficient (Wildman–Crippen LogP) is 2.06. The van der Waals surface area contributed by atoms with Gasteiger partial charge in [0.15, 0.2) is 0 Å². The smallest absolute Gasteiger partial charge is 0.220 e. The Labute approximate surface area is 118 Å². The van der Waals surface area contributed by atoms with Gasteiger partial charge in [-0.15, -0.1) is 0 Å². The third-order valence-corrected chi connectivity index (χ3v) is 3.62. The zero-order chi connectivity index (χ0) is 14.7. The molecule has 0 heterocycles. The molecule has 0 saturated heterocycles. The van der Waals surface area contributed by atoms with Crippen LogP contribution in [0.5, 0.6) is 0 Å². The van der Waals surface area contributed by atoms with Crippen LogP contribution in [0.1, 0.15) is 59.3 Å². The van der Waals surface area contributed by atoms with E-state index in [1.165, 1.54) is 0 Å². The Balaban J connectivity index is 3.80. The summed E-state index contributed by atoms with van der Waals surface area (Å²) in [6.07, 6.45) is 5.20. The van der Waals surface area contributed by atoms with E-state index < -0.39 is 0 Å². The summed E-state index contributed by atoms with van der Waals surface area (Å²) in [6, 6.07) is 0.